The molecule has 0 saturated heterocycles. The quantitative estimate of drug-likeness (QED) is 0.795. The monoisotopic (exact) mass is 285 g/mol. The lowest BCUT2D eigenvalue weighted by molar-refractivity contribution is 0.0627. The Morgan fingerprint density at radius 3 is 2.75 bits per heavy atom. The number of hydrogen-bond acceptors (Lipinski definition) is 2. The van der Waals surface area contributed by atoms with Crippen molar-refractivity contribution in [2.75, 3.05) is 20.2 Å². The van der Waals surface area contributed by atoms with Crippen LogP contribution in [-0.4, -0.2) is 31.2 Å². The highest BCUT2D eigenvalue weighted by Gasteiger charge is 2.01. The molecule has 2 nitrogen and oxygen atoms in total. The van der Waals surface area contributed by atoms with E-state index in [0.717, 1.165) is 24.2 Å². The van der Waals surface area contributed by atoms with E-state index in [-0.39, 0.29) is 0 Å². The highest BCUT2D eigenvalue weighted by Crippen LogP contribution is 2.12. The van der Waals surface area contributed by atoms with Crippen LogP contribution in [0.25, 0.3) is 0 Å². The zero-order valence-corrected chi connectivity index (χ0v) is 11.8. The molecular formula is C13H20BrNO. The van der Waals surface area contributed by atoms with Gasteiger partial charge in [0, 0.05) is 17.6 Å². The van der Waals surface area contributed by atoms with E-state index < -0.39 is 0 Å². The summed E-state index contributed by atoms with van der Waals surface area (Å²) in [6.45, 7) is 6.84. The average Bonchev–Trinajstić information content (AvgIpc) is 2.16. The molecule has 0 fully saturated rings. The Bertz CT molecular complexity index is 315. The first-order valence-electron chi connectivity index (χ1n) is 5.62. The van der Waals surface area contributed by atoms with Crippen LogP contribution in [0, 0.1) is 0 Å². The molecule has 0 spiro atoms. The molecule has 0 bridgehead atoms. The summed E-state index contributed by atoms with van der Waals surface area (Å²) in [7, 11) is 2.12. The predicted octanol–water partition coefficient (Wildman–Crippen LogP) is 3.31. The molecule has 90 valence electrons. The topological polar surface area (TPSA) is 12.5 Å². The third-order valence-corrected chi connectivity index (χ3v) is 2.76. The van der Waals surface area contributed by atoms with Gasteiger partial charge in [0.05, 0.1) is 12.7 Å². The molecule has 0 aliphatic carbocycles. The van der Waals surface area contributed by atoms with Crippen molar-refractivity contribution in [1.29, 1.82) is 0 Å². The van der Waals surface area contributed by atoms with Crippen molar-refractivity contribution in [3.63, 3.8) is 0 Å². The fraction of sp³-hybridized carbons (Fsp3) is 0.538. The van der Waals surface area contributed by atoms with Crippen LogP contribution in [0.1, 0.15) is 19.4 Å². The summed E-state index contributed by atoms with van der Waals surface area (Å²) in [4.78, 5) is 2.27. The van der Waals surface area contributed by atoms with Gasteiger partial charge in [0.1, 0.15) is 0 Å². The number of benzene rings is 1. The SMILES string of the molecule is CC(C)OCCN(C)Cc1cccc(Br)c1. The van der Waals surface area contributed by atoms with Crippen LogP contribution in [0.3, 0.4) is 0 Å². The fourth-order valence-corrected chi connectivity index (χ4v) is 1.92. The number of halogens is 1. The molecule has 0 amide bonds. The summed E-state index contributed by atoms with van der Waals surface area (Å²) >= 11 is 3.48. The Morgan fingerprint density at radius 2 is 2.12 bits per heavy atom. The summed E-state index contributed by atoms with van der Waals surface area (Å²) in [6, 6.07) is 8.41. The van der Waals surface area contributed by atoms with E-state index in [9.17, 15) is 0 Å². The standard InChI is InChI=1S/C13H20BrNO/c1-11(2)16-8-7-15(3)10-12-5-4-6-13(14)9-12/h4-6,9,11H,7-8,10H2,1-3H3. The first kappa shape index (κ1) is 13.7. The van der Waals surface area contributed by atoms with E-state index in [1.807, 2.05) is 6.07 Å². The van der Waals surface area contributed by atoms with Crippen molar-refractivity contribution in [2.45, 2.75) is 26.5 Å². The summed E-state index contributed by atoms with van der Waals surface area (Å²) in [5.41, 5.74) is 1.32. The number of hydrogen-bond donors (Lipinski definition) is 0. The highest BCUT2D eigenvalue weighted by atomic mass is 79.9. The second kappa shape index (κ2) is 7.05. The Labute approximate surface area is 107 Å². The van der Waals surface area contributed by atoms with Gasteiger partial charge < -0.3 is 4.74 Å². The Balaban J connectivity index is 2.31. The maximum atomic E-state index is 5.52. The molecule has 1 aromatic rings. The van der Waals surface area contributed by atoms with Crippen molar-refractivity contribution in [2.24, 2.45) is 0 Å². The largest absolute Gasteiger partial charge is 0.377 e. The van der Waals surface area contributed by atoms with E-state index in [2.05, 4.69) is 59.9 Å². The van der Waals surface area contributed by atoms with Crippen LogP contribution >= 0.6 is 15.9 Å². The van der Waals surface area contributed by atoms with Crippen LogP contribution in [0.2, 0.25) is 0 Å². The molecule has 0 atom stereocenters. The molecule has 0 aliphatic rings. The van der Waals surface area contributed by atoms with E-state index in [4.69, 9.17) is 4.74 Å². The van der Waals surface area contributed by atoms with Crippen LogP contribution < -0.4 is 0 Å². The fourth-order valence-electron chi connectivity index (χ4n) is 1.47. The van der Waals surface area contributed by atoms with Crippen molar-refractivity contribution < 1.29 is 4.74 Å². The molecule has 0 unspecified atom stereocenters. The van der Waals surface area contributed by atoms with Crippen molar-refractivity contribution >= 4 is 15.9 Å². The van der Waals surface area contributed by atoms with Gasteiger partial charge in [-0.15, -0.1) is 0 Å². The molecule has 0 aromatic heterocycles. The number of nitrogens with zero attached hydrogens (tertiary/aromatic N) is 1. The second-order valence-corrected chi connectivity index (χ2v) is 5.20. The molecule has 3 heteroatoms. The number of ether oxygens (including phenoxy) is 1. The van der Waals surface area contributed by atoms with Crippen LogP contribution in [0.15, 0.2) is 28.7 Å². The van der Waals surface area contributed by atoms with Gasteiger partial charge in [0.15, 0.2) is 0 Å². The summed E-state index contributed by atoms with van der Waals surface area (Å²) in [5, 5.41) is 0. The van der Waals surface area contributed by atoms with Gasteiger partial charge in [-0.3, -0.25) is 4.90 Å². The Kier molecular flexibility index (Phi) is 6.03. The molecular weight excluding hydrogens is 266 g/mol. The maximum absolute atomic E-state index is 5.52. The Morgan fingerprint density at radius 1 is 1.38 bits per heavy atom. The highest BCUT2D eigenvalue weighted by molar-refractivity contribution is 9.10. The Hall–Kier alpha value is -0.380. The summed E-state index contributed by atoms with van der Waals surface area (Å²) in [6.07, 6.45) is 0.319. The molecule has 16 heavy (non-hydrogen) atoms. The smallest absolute Gasteiger partial charge is 0.0596 e. The molecule has 0 aliphatic heterocycles. The normalized spacial score (nSPS) is 11.4. The van der Waals surface area contributed by atoms with Crippen LogP contribution in [0.4, 0.5) is 0 Å². The van der Waals surface area contributed by atoms with E-state index in [1.165, 1.54) is 5.56 Å². The molecule has 0 heterocycles. The molecule has 0 N–H and O–H groups in total. The van der Waals surface area contributed by atoms with Crippen molar-refractivity contribution in [3.8, 4) is 0 Å². The zero-order chi connectivity index (χ0) is 12.0. The predicted molar refractivity (Wildman–Crippen MR) is 71.6 cm³/mol. The van der Waals surface area contributed by atoms with Crippen molar-refractivity contribution in [3.05, 3.63) is 34.3 Å². The molecule has 1 aromatic carbocycles. The molecule has 1 rings (SSSR count). The van der Waals surface area contributed by atoms with Gasteiger partial charge in [-0.25, -0.2) is 0 Å². The lowest BCUT2D eigenvalue weighted by Crippen LogP contribution is -2.23. The summed E-state index contributed by atoms with van der Waals surface area (Å²) < 4.78 is 6.66. The first-order chi connectivity index (χ1) is 7.58. The second-order valence-electron chi connectivity index (χ2n) is 4.29. The summed E-state index contributed by atoms with van der Waals surface area (Å²) in [5.74, 6) is 0. The lowest BCUT2D eigenvalue weighted by atomic mass is 10.2. The third kappa shape index (κ3) is 5.64. The zero-order valence-electron chi connectivity index (χ0n) is 10.2. The van der Waals surface area contributed by atoms with Gasteiger partial charge in [-0.2, -0.15) is 0 Å². The van der Waals surface area contributed by atoms with Crippen LogP contribution in [0.5, 0.6) is 0 Å². The van der Waals surface area contributed by atoms with Gasteiger partial charge in [-0.1, -0.05) is 28.1 Å². The average molecular weight is 286 g/mol. The first-order valence-corrected chi connectivity index (χ1v) is 6.42. The third-order valence-electron chi connectivity index (χ3n) is 2.27. The minimum absolute atomic E-state index is 0.319. The van der Waals surface area contributed by atoms with Gasteiger partial charge in [0.25, 0.3) is 0 Å². The minimum Gasteiger partial charge on any atom is -0.377 e. The maximum Gasteiger partial charge on any atom is 0.0596 e. The van der Waals surface area contributed by atoms with Crippen LogP contribution in [-0.2, 0) is 11.3 Å². The number of rotatable bonds is 6. The van der Waals surface area contributed by atoms with Gasteiger partial charge in [-0.05, 0) is 38.6 Å². The lowest BCUT2D eigenvalue weighted by Gasteiger charge is -2.17. The minimum atomic E-state index is 0.319. The van der Waals surface area contributed by atoms with E-state index >= 15 is 0 Å². The molecule has 0 radical (unpaired) electrons. The van der Waals surface area contributed by atoms with E-state index in [1.54, 1.807) is 0 Å². The number of likely N-dealkylation sites (N-methyl/N-ethyl adjacent to an activating group) is 1. The molecule has 0 saturated carbocycles. The van der Waals surface area contributed by atoms with Gasteiger partial charge in [0.2, 0.25) is 0 Å². The van der Waals surface area contributed by atoms with E-state index in [0.29, 0.717) is 6.10 Å². The van der Waals surface area contributed by atoms with Crippen molar-refractivity contribution in [1.82, 2.24) is 4.90 Å². The van der Waals surface area contributed by atoms with Gasteiger partial charge >= 0.3 is 0 Å².